The summed E-state index contributed by atoms with van der Waals surface area (Å²) in [5, 5.41) is 8.92. The lowest BCUT2D eigenvalue weighted by atomic mass is 10.1. The molecule has 1 rings (SSSR count). The van der Waals surface area contributed by atoms with Gasteiger partial charge in [0.15, 0.2) is 0 Å². The first-order valence-electron chi connectivity index (χ1n) is 6.38. The van der Waals surface area contributed by atoms with Crippen LogP contribution in [0.15, 0.2) is 16.6 Å². The quantitative estimate of drug-likeness (QED) is 0.790. The van der Waals surface area contributed by atoms with Gasteiger partial charge in [-0.2, -0.15) is 0 Å². The van der Waals surface area contributed by atoms with Crippen molar-refractivity contribution in [1.29, 1.82) is 0 Å². The van der Waals surface area contributed by atoms with Crippen molar-refractivity contribution in [1.82, 2.24) is 0 Å². The number of aliphatic carboxylic acids is 1. The Balaban J connectivity index is 3.01. The molecule has 0 aromatic heterocycles. The van der Waals surface area contributed by atoms with Crippen LogP contribution in [-0.4, -0.2) is 24.3 Å². The number of carbonyl (C=O) groups is 1. The summed E-state index contributed by atoms with van der Waals surface area (Å²) < 4.78 is 11.9. The molecule has 0 saturated carbocycles. The maximum Gasteiger partial charge on any atom is 0.307 e. The van der Waals surface area contributed by atoms with Gasteiger partial charge in [-0.3, -0.25) is 4.79 Å². The molecule has 0 atom stereocenters. The minimum absolute atomic E-state index is 0.0638. The molecular weight excluding hydrogens is 312 g/mol. The van der Waals surface area contributed by atoms with Crippen molar-refractivity contribution >= 4 is 21.9 Å². The van der Waals surface area contributed by atoms with E-state index in [9.17, 15) is 4.79 Å². The number of benzene rings is 1. The van der Waals surface area contributed by atoms with E-state index < -0.39 is 5.97 Å². The predicted molar refractivity (Wildman–Crippen MR) is 77.1 cm³/mol. The number of hydrogen-bond acceptors (Lipinski definition) is 3. The lowest BCUT2D eigenvalue weighted by molar-refractivity contribution is -0.136. The van der Waals surface area contributed by atoms with E-state index in [1.54, 1.807) is 12.1 Å². The second kappa shape index (κ2) is 8.04. The van der Waals surface area contributed by atoms with E-state index in [1.807, 2.05) is 13.8 Å². The Bertz CT molecular complexity index is 432. The van der Waals surface area contributed by atoms with Crippen LogP contribution in [0.25, 0.3) is 0 Å². The molecule has 5 heteroatoms. The Labute approximate surface area is 121 Å². The molecule has 0 aliphatic carbocycles. The Morgan fingerprint density at radius 3 is 2.26 bits per heavy atom. The maximum atomic E-state index is 10.9. The summed E-state index contributed by atoms with van der Waals surface area (Å²) >= 11 is 3.40. The van der Waals surface area contributed by atoms with Gasteiger partial charge in [-0.05, 0) is 34.8 Å². The van der Waals surface area contributed by atoms with E-state index in [4.69, 9.17) is 14.6 Å². The molecule has 0 bridgehead atoms. The number of carboxylic acids is 1. The summed E-state index contributed by atoms with van der Waals surface area (Å²) in [6, 6.07) is 3.51. The second-order valence-corrected chi connectivity index (χ2v) is 5.01. The van der Waals surface area contributed by atoms with Gasteiger partial charge in [-0.15, -0.1) is 0 Å². The second-order valence-electron chi connectivity index (χ2n) is 4.16. The van der Waals surface area contributed by atoms with Gasteiger partial charge >= 0.3 is 5.97 Å². The van der Waals surface area contributed by atoms with E-state index in [0.717, 1.165) is 17.3 Å². The van der Waals surface area contributed by atoms with Crippen LogP contribution in [0.2, 0.25) is 0 Å². The van der Waals surface area contributed by atoms with Crippen molar-refractivity contribution in [2.75, 3.05) is 13.2 Å². The summed E-state index contributed by atoms with van der Waals surface area (Å²) in [7, 11) is 0. The third-order valence-corrected chi connectivity index (χ3v) is 3.00. The van der Waals surface area contributed by atoms with Gasteiger partial charge in [0.2, 0.25) is 0 Å². The van der Waals surface area contributed by atoms with Crippen LogP contribution in [0.5, 0.6) is 11.5 Å². The molecule has 0 fully saturated rings. The molecule has 0 radical (unpaired) electrons. The Hall–Kier alpha value is -1.23. The Kier molecular flexibility index (Phi) is 6.70. The van der Waals surface area contributed by atoms with Crippen LogP contribution in [0, 0.1) is 0 Å². The SMILES string of the molecule is CCCOc1cc(OCCC)c(CC(=O)O)cc1Br. The van der Waals surface area contributed by atoms with Gasteiger partial charge in [0.25, 0.3) is 0 Å². The van der Waals surface area contributed by atoms with Crippen LogP contribution in [-0.2, 0) is 11.2 Å². The highest BCUT2D eigenvalue weighted by molar-refractivity contribution is 9.10. The fourth-order valence-corrected chi connectivity index (χ4v) is 2.05. The van der Waals surface area contributed by atoms with E-state index in [0.29, 0.717) is 30.3 Å². The van der Waals surface area contributed by atoms with Gasteiger partial charge in [-0.1, -0.05) is 13.8 Å². The summed E-state index contributed by atoms with van der Waals surface area (Å²) in [5.74, 6) is 0.385. The minimum Gasteiger partial charge on any atom is -0.493 e. The minimum atomic E-state index is -0.879. The third kappa shape index (κ3) is 5.11. The number of halogens is 1. The maximum absolute atomic E-state index is 10.9. The predicted octanol–water partition coefficient (Wildman–Crippen LogP) is 3.65. The highest BCUT2D eigenvalue weighted by atomic mass is 79.9. The third-order valence-electron chi connectivity index (χ3n) is 2.38. The van der Waals surface area contributed by atoms with Crippen LogP contribution in [0.3, 0.4) is 0 Å². The molecule has 0 aliphatic rings. The number of ether oxygens (including phenoxy) is 2. The fraction of sp³-hybridized carbons (Fsp3) is 0.500. The molecule has 0 spiro atoms. The fourth-order valence-electron chi connectivity index (χ4n) is 1.55. The van der Waals surface area contributed by atoms with Crippen LogP contribution in [0.1, 0.15) is 32.3 Å². The van der Waals surface area contributed by atoms with Gasteiger partial charge in [-0.25, -0.2) is 0 Å². The van der Waals surface area contributed by atoms with Gasteiger partial charge < -0.3 is 14.6 Å². The molecule has 0 amide bonds. The zero-order valence-electron chi connectivity index (χ0n) is 11.2. The van der Waals surface area contributed by atoms with Crippen molar-refractivity contribution in [2.45, 2.75) is 33.1 Å². The molecule has 1 aromatic rings. The van der Waals surface area contributed by atoms with Crippen LogP contribution in [0.4, 0.5) is 0 Å². The standard InChI is InChI=1S/C14H19BrO4/c1-3-5-18-12-9-13(19-6-4-2)11(15)7-10(12)8-14(16)17/h7,9H,3-6,8H2,1-2H3,(H,16,17). The molecule has 0 aliphatic heterocycles. The zero-order chi connectivity index (χ0) is 14.3. The number of hydrogen-bond donors (Lipinski definition) is 1. The summed E-state index contributed by atoms with van der Waals surface area (Å²) in [6.45, 7) is 5.21. The molecule has 19 heavy (non-hydrogen) atoms. The van der Waals surface area contributed by atoms with E-state index in [1.165, 1.54) is 0 Å². The summed E-state index contributed by atoms with van der Waals surface area (Å²) in [5.41, 5.74) is 0.650. The molecule has 0 saturated heterocycles. The molecule has 1 aromatic carbocycles. The average Bonchev–Trinajstić information content (AvgIpc) is 2.36. The number of rotatable bonds is 8. The first-order valence-corrected chi connectivity index (χ1v) is 7.17. The summed E-state index contributed by atoms with van der Waals surface area (Å²) in [4.78, 5) is 10.9. The van der Waals surface area contributed by atoms with Crippen molar-refractivity contribution in [3.63, 3.8) is 0 Å². The highest BCUT2D eigenvalue weighted by Crippen LogP contribution is 2.33. The van der Waals surface area contributed by atoms with E-state index in [-0.39, 0.29) is 6.42 Å². The topological polar surface area (TPSA) is 55.8 Å². The normalized spacial score (nSPS) is 10.3. The zero-order valence-corrected chi connectivity index (χ0v) is 12.8. The largest absolute Gasteiger partial charge is 0.493 e. The molecule has 106 valence electrons. The van der Waals surface area contributed by atoms with Gasteiger partial charge in [0, 0.05) is 11.6 Å². The Morgan fingerprint density at radius 2 is 1.74 bits per heavy atom. The highest BCUT2D eigenvalue weighted by Gasteiger charge is 2.13. The van der Waals surface area contributed by atoms with Crippen LogP contribution >= 0.6 is 15.9 Å². The van der Waals surface area contributed by atoms with Gasteiger partial charge in [0.1, 0.15) is 11.5 Å². The molecule has 0 unspecified atom stereocenters. The lowest BCUT2D eigenvalue weighted by Gasteiger charge is -2.14. The van der Waals surface area contributed by atoms with Crippen molar-refractivity contribution in [2.24, 2.45) is 0 Å². The van der Waals surface area contributed by atoms with Crippen molar-refractivity contribution in [3.8, 4) is 11.5 Å². The van der Waals surface area contributed by atoms with E-state index >= 15 is 0 Å². The molecule has 1 N–H and O–H groups in total. The monoisotopic (exact) mass is 330 g/mol. The first kappa shape index (κ1) is 15.8. The average molecular weight is 331 g/mol. The summed E-state index contributed by atoms with van der Waals surface area (Å²) in [6.07, 6.45) is 1.72. The van der Waals surface area contributed by atoms with Crippen molar-refractivity contribution < 1.29 is 19.4 Å². The number of carboxylic acid groups (broad SMARTS) is 1. The first-order chi connectivity index (χ1) is 9.08. The molecule has 0 heterocycles. The van der Waals surface area contributed by atoms with Crippen LogP contribution < -0.4 is 9.47 Å². The van der Waals surface area contributed by atoms with Gasteiger partial charge in [0.05, 0.1) is 24.1 Å². The van der Waals surface area contributed by atoms with Crippen molar-refractivity contribution in [3.05, 3.63) is 22.2 Å². The molecular formula is C14H19BrO4. The molecule has 4 nitrogen and oxygen atoms in total. The lowest BCUT2D eigenvalue weighted by Crippen LogP contribution is -2.06. The Morgan fingerprint density at radius 1 is 1.16 bits per heavy atom. The smallest absolute Gasteiger partial charge is 0.307 e. The van der Waals surface area contributed by atoms with E-state index in [2.05, 4.69) is 15.9 Å².